The summed E-state index contributed by atoms with van der Waals surface area (Å²) in [6.45, 7) is 3.74. The second kappa shape index (κ2) is 10.9. The molecule has 0 fully saturated rings. The van der Waals surface area contributed by atoms with Crippen molar-refractivity contribution < 1.29 is 27.4 Å². The number of methoxy groups -OCH3 is 2. The van der Waals surface area contributed by atoms with E-state index in [-0.39, 0.29) is 16.3 Å². The molecule has 1 amide bonds. The van der Waals surface area contributed by atoms with Crippen molar-refractivity contribution in [3.05, 3.63) is 72.3 Å². The minimum atomic E-state index is -4.10. The van der Waals surface area contributed by atoms with Crippen LogP contribution in [0.15, 0.2) is 71.6 Å². The molecule has 0 heterocycles. The first-order chi connectivity index (χ1) is 16.3. The Kier molecular flexibility index (Phi) is 8.01. The molecule has 0 aliphatic carbocycles. The number of sulfonamides is 1. The molecule has 3 rings (SSSR count). The van der Waals surface area contributed by atoms with Gasteiger partial charge < -0.3 is 19.5 Å². The normalized spacial score (nSPS) is 10.9. The SMILES string of the molecule is CCOc1cccc(NC(=O)CN(c2ccc(OC)cc2OC)S(=O)(=O)c2ccc(C)cc2)c1. The Balaban J connectivity index is 1.99. The zero-order chi connectivity index (χ0) is 24.7. The van der Waals surface area contributed by atoms with Gasteiger partial charge >= 0.3 is 0 Å². The van der Waals surface area contributed by atoms with Crippen LogP contribution in [0, 0.1) is 6.92 Å². The molecular weight excluding hydrogens is 456 g/mol. The zero-order valence-corrected chi connectivity index (χ0v) is 20.4. The van der Waals surface area contributed by atoms with Gasteiger partial charge in [-0.2, -0.15) is 0 Å². The number of hydrogen-bond donors (Lipinski definition) is 1. The molecule has 0 aliphatic rings. The van der Waals surface area contributed by atoms with Crippen LogP contribution in [0.4, 0.5) is 11.4 Å². The molecule has 0 bridgehead atoms. The first-order valence-electron chi connectivity index (χ1n) is 10.6. The number of carbonyl (C=O) groups excluding carboxylic acids is 1. The number of anilines is 2. The standard InChI is InChI=1S/C25H28N2O6S/c1-5-33-21-8-6-7-19(15-21)26-25(28)17-27(23-14-11-20(31-3)16-24(23)32-4)34(29,30)22-12-9-18(2)10-13-22/h6-16H,5,17H2,1-4H3,(H,26,28). The molecule has 0 atom stereocenters. The maximum absolute atomic E-state index is 13.6. The molecule has 0 saturated heterocycles. The van der Waals surface area contributed by atoms with Crippen LogP contribution in [0.2, 0.25) is 0 Å². The number of benzene rings is 3. The van der Waals surface area contributed by atoms with Gasteiger partial charge in [0.1, 0.15) is 23.8 Å². The third kappa shape index (κ3) is 5.79. The van der Waals surface area contributed by atoms with Crippen LogP contribution < -0.4 is 23.8 Å². The Labute approximate surface area is 200 Å². The van der Waals surface area contributed by atoms with Crippen LogP contribution in [0.5, 0.6) is 17.2 Å². The summed E-state index contributed by atoms with van der Waals surface area (Å²) in [5.74, 6) is 0.815. The molecule has 0 unspecified atom stereocenters. The minimum Gasteiger partial charge on any atom is -0.497 e. The van der Waals surface area contributed by atoms with Gasteiger partial charge in [0.25, 0.3) is 10.0 Å². The number of rotatable bonds is 10. The molecule has 0 aliphatic heterocycles. The van der Waals surface area contributed by atoms with Gasteiger partial charge in [-0.05, 0) is 50.2 Å². The van der Waals surface area contributed by atoms with E-state index in [9.17, 15) is 13.2 Å². The van der Waals surface area contributed by atoms with Gasteiger partial charge in [-0.1, -0.05) is 23.8 Å². The summed E-state index contributed by atoms with van der Waals surface area (Å²) in [5, 5.41) is 2.74. The first-order valence-corrected chi connectivity index (χ1v) is 12.1. The number of amides is 1. The van der Waals surface area contributed by atoms with Crippen molar-refractivity contribution >= 4 is 27.3 Å². The summed E-state index contributed by atoms with van der Waals surface area (Å²) in [6.07, 6.45) is 0. The van der Waals surface area contributed by atoms with Crippen LogP contribution in [-0.4, -0.2) is 41.7 Å². The van der Waals surface area contributed by atoms with Crippen molar-refractivity contribution in [2.24, 2.45) is 0 Å². The van der Waals surface area contributed by atoms with E-state index in [0.29, 0.717) is 23.8 Å². The average Bonchev–Trinajstić information content (AvgIpc) is 2.83. The molecular formula is C25H28N2O6S. The third-order valence-corrected chi connectivity index (χ3v) is 6.75. The monoisotopic (exact) mass is 484 g/mol. The quantitative estimate of drug-likeness (QED) is 0.463. The lowest BCUT2D eigenvalue weighted by Crippen LogP contribution is -2.38. The number of ether oxygens (including phenoxy) is 3. The van der Waals surface area contributed by atoms with E-state index in [0.717, 1.165) is 9.87 Å². The predicted octanol–water partition coefficient (Wildman–Crippen LogP) is 4.24. The maximum atomic E-state index is 13.6. The summed E-state index contributed by atoms with van der Waals surface area (Å²) in [5.41, 5.74) is 1.62. The molecule has 0 spiro atoms. The number of hydrogen-bond acceptors (Lipinski definition) is 6. The summed E-state index contributed by atoms with van der Waals surface area (Å²) in [4.78, 5) is 13.1. The fraction of sp³-hybridized carbons (Fsp3) is 0.240. The van der Waals surface area contributed by atoms with Crippen molar-refractivity contribution in [3.8, 4) is 17.2 Å². The van der Waals surface area contributed by atoms with Crippen molar-refractivity contribution in [3.63, 3.8) is 0 Å². The molecule has 3 aromatic carbocycles. The smallest absolute Gasteiger partial charge is 0.264 e. The lowest BCUT2D eigenvalue weighted by atomic mass is 10.2. The van der Waals surface area contributed by atoms with Gasteiger partial charge in [0.05, 0.1) is 31.4 Å². The van der Waals surface area contributed by atoms with Crippen molar-refractivity contribution in [2.45, 2.75) is 18.7 Å². The molecule has 1 N–H and O–H groups in total. The van der Waals surface area contributed by atoms with Crippen molar-refractivity contribution in [2.75, 3.05) is 37.0 Å². The van der Waals surface area contributed by atoms with Crippen LogP contribution in [-0.2, 0) is 14.8 Å². The predicted molar refractivity (Wildman–Crippen MR) is 131 cm³/mol. The van der Waals surface area contributed by atoms with E-state index < -0.39 is 22.5 Å². The van der Waals surface area contributed by atoms with Gasteiger partial charge in [0, 0.05) is 17.8 Å². The van der Waals surface area contributed by atoms with Crippen LogP contribution in [0.25, 0.3) is 0 Å². The van der Waals surface area contributed by atoms with Crippen LogP contribution in [0.3, 0.4) is 0 Å². The van der Waals surface area contributed by atoms with Crippen molar-refractivity contribution in [1.29, 1.82) is 0 Å². The number of carbonyl (C=O) groups is 1. The van der Waals surface area contributed by atoms with Crippen molar-refractivity contribution in [1.82, 2.24) is 0 Å². The lowest BCUT2D eigenvalue weighted by molar-refractivity contribution is -0.114. The molecule has 180 valence electrons. The summed E-state index contributed by atoms with van der Waals surface area (Å²) in [6, 6.07) is 18.0. The van der Waals surface area contributed by atoms with Gasteiger partial charge in [-0.25, -0.2) is 8.42 Å². The van der Waals surface area contributed by atoms with Crippen LogP contribution >= 0.6 is 0 Å². The van der Waals surface area contributed by atoms with E-state index in [2.05, 4.69) is 5.32 Å². The summed E-state index contributed by atoms with van der Waals surface area (Å²) >= 11 is 0. The lowest BCUT2D eigenvalue weighted by Gasteiger charge is -2.26. The van der Waals surface area contributed by atoms with Gasteiger partial charge in [0.2, 0.25) is 5.91 Å². The molecule has 0 radical (unpaired) electrons. The Hall–Kier alpha value is -3.72. The number of nitrogens with zero attached hydrogens (tertiary/aromatic N) is 1. The highest BCUT2D eigenvalue weighted by molar-refractivity contribution is 7.92. The highest BCUT2D eigenvalue weighted by Gasteiger charge is 2.29. The van der Waals surface area contributed by atoms with E-state index in [1.807, 2.05) is 13.8 Å². The molecule has 9 heteroatoms. The molecule has 0 aromatic heterocycles. The minimum absolute atomic E-state index is 0.0575. The Bertz CT molecular complexity index is 1240. The van der Waals surface area contributed by atoms with Crippen LogP contribution in [0.1, 0.15) is 12.5 Å². The number of aryl methyl sites for hydroxylation is 1. The zero-order valence-electron chi connectivity index (χ0n) is 19.6. The molecule has 0 saturated carbocycles. The van der Waals surface area contributed by atoms with E-state index in [1.165, 1.54) is 26.4 Å². The second-order valence-electron chi connectivity index (χ2n) is 7.37. The Morgan fingerprint density at radius 2 is 1.68 bits per heavy atom. The summed E-state index contributed by atoms with van der Waals surface area (Å²) in [7, 11) is -1.18. The fourth-order valence-electron chi connectivity index (χ4n) is 3.29. The topological polar surface area (TPSA) is 94.2 Å². The average molecular weight is 485 g/mol. The Morgan fingerprint density at radius 3 is 2.32 bits per heavy atom. The second-order valence-corrected chi connectivity index (χ2v) is 9.23. The van der Waals surface area contributed by atoms with Gasteiger partial charge in [-0.3, -0.25) is 9.10 Å². The molecule has 8 nitrogen and oxygen atoms in total. The third-order valence-electron chi connectivity index (χ3n) is 4.98. The first kappa shape index (κ1) is 24.9. The maximum Gasteiger partial charge on any atom is 0.264 e. The highest BCUT2D eigenvalue weighted by Crippen LogP contribution is 2.35. The van der Waals surface area contributed by atoms with E-state index in [1.54, 1.807) is 54.6 Å². The van der Waals surface area contributed by atoms with Gasteiger partial charge in [-0.15, -0.1) is 0 Å². The van der Waals surface area contributed by atoms with E-state index in [4.69, 9.17) is 14.2 Å². The molecule has 3 aromatic rings. The Morgan fingerprint density at radius 1 is 0.941 bits per heavy atom. The fourth-order valence-corrected chi connectivity index (χ4v) is 4.72. The van der Waals surface area contributed by atoms with E-state index >= 15 is 0 Å². The largest absolute Gasteiger partial charge is 0.497 e. The highest BCUT2D eigenvalue weighted by atomic mass is 32.2. The summed E-state index contributed by atoms with van der Waals surface area (Å²) < 4.78 is 44.4. The molecule has 34 heavy (non-hydrogen) atoms. The number of nitrogens with one attached hydrogen (secondary N) is 1. The van der Waals surface area contributed by atoms with Gasteiger partial charge in [0.15, 0.2) is 0 Å².